The van der Waals surface area contributed by atoms with Crippen LogP contribution in [-0.2, 0) is 16.1 Å². The van der Waals surface area contributed by atoms with E-state index in [2.05, 4.69) is 16.0 Å². The molecule has 0 spiro atoms. The van der Waals surface area contributed by atoms with Gasteiger partial charge in [0.05, 0.1) is 11.5 Å². The normalized spacial score (nSPS) is 14.8. The van der Waals surface area contributed by atoms with Crippen molar-refractivity contribution in [2.45, 2.75) is 19.4 Å². The monoisotopic (exact) mass is 355 g/mol. The number of hydrogen-bond acceptors (Lipinski definition) is 5. The van der Waals surface area contributed by atoms with Gasteiger partial charge in [-0.05, 0) is 42.7 Å². The average Bonchev–Trinajstić information content (AvgIpc) is 2.66. The standard InChI is InChI=1S/C19H18ClN3O2/c20-17-3-1-2-14(10-17)13-25-19(24)16-6-8-23(9-7-16)18-5-4-15(11-21)12-22-18/h1-5,10,12,16H,6-9,13H2. The summed E-state index contributed by atoms with van der Waals surface area (Å²) in [6.07, 6.45) is 3.03. The highest BCUT2D eigenvalue weighted by Gasteiger charge is 2.26. The van der Waals surface area contributed by atoms with Gasteiger partial charge in [-0.15, -0.1) is 0 Å². The summed E-state index contributed by atoms with van der Waals surface area (Å²) in [6, 6.07) is 13.0. The van der Waals surface area contributed by atoms with Crippen LogP contribution in [0.4, 0.5) is 5.82 Å². The third-order valence-corrected chi connectivity index (χ3v) is 4.53. The lowest BCUT2D eigenvalue weighted by molar-refractivity contribution is -0.150. The zero-order valence-electron chi connectivity index (χ0n) is 13.7. The molecule has 1 aliphatic rings. The Balaban J connectivity index is 1.49. The number of ether oxygens (including phenoxy) is 1. The molecular formula is C19H18ClN3O2. The van der Waals surface area contributed by atoms with E-state index < -0.39 is 0 Å². The first-order valence-corrected chi connectivity index (χ1v) is 8.55. The number of piperidine rings is 1. The van der Waals surface area contributed by atoms with Gasteiger partial charge in [0, 0.05) is 24.3 Å². The minimum absolute atomic E-state index is 0.0891. The number of benzene rings is 1. The summed E-state index contributed by atoms with van der Waals surface area (Å²) in [4.78, 5) is 18.7. The minimum atomic E-state index is -0.160. The molecular weight excluding hydrogens is 338 g/mol. The summed E-state index contributed by atoms with van der Waals surface area (Å²) in [7, 11) is 0. The van der Waals surface area contributed by atoms with E-state index in [9.17, 15) is 4.79 Å². The number of esters is 1. The first-order chi connectivity index (χ1) is 12.2. The number of carbonyl (C=O) groups excluding carboxylic acids is 1. The van der Waals surface area contributed by atoms with Gasteiger partial charge in [-0.1, -0.05) is 23.7 Å². The number of anilines is 1. The van der Waals surface area contributed by atoms with Crippen LogP contribution in [-0.4, -0.2) is 24.0 Å². The van der Waals surface area contributed by atoms with Crippen LogP contribution < -0.4 is 4.90 Å². The van der Waals surface area contributed by atoms with Crippen molar-refractivity contribution in [2.75, 3.05) is 18.0 Å². The molecule has 0 saturated carbocycles. The lowest BCUT2D eigenvalue weighted by atomic mass is 9.97. The molecule has 0 atom stereocenters. The van der Waals surface area contributed by atoms with E-state index >= 15 is 0 Å². The largest absolute Gasteiger partial charge is 0.461 e. The van der Waals surface area contributed by atoms with Crippen LogP contribution in [0.1, 0.15) is 24.0 Å². The van der Waals surface area contributed by atoms with Gasteiger partial charge in [0.1, 0.15) is 18.5 Å². The SMILES string of the molecule is N#Cc1ccc(N2CCC(C(=O)OCc3cccc(Cl)c3)CC2)nc1. The molecule has 1 saturated heterocycles. The summed E-state index contributed by atoms with van der Waals surface area (Å²) in [5, 5.41) is 9.46. The van der Waals surface area contributed by atoms with Crippen LogP contribution in [0.2, 0.25) is 5.02 Å². The molecule has 1 aromatic carbocycles. The van der Waals surface area contributed by atoms with E-state index in [0.717, 1.165) is 37.3 Å². The summed E-state index contributed by atoms with van der Waals surface area (Å²) >= 11 is 5.93. The third kappa shape index (κ3) is 4.49. The van der Waals surface area contributed by atoms with Gasteiger partial charge in [-0.25, -0.2) is 4.98 Å². The Hall–Kier alpha value is -2.58. The van der Waals surface area contributed by atoms with Crippen LogP contribution in [0.25, 0.3) is 0 Å². The van der Waals surface area contributed by atoms with E-state index in [1.807, 2.05) is 18.2 Å². The lowest BCUT2D eigenvalue weighted by Gasteiger charge is -2.31. The summed E-state index contributed by atoms with van der Waals surface area (Å²) < 4.78 is 5.43. The van der Waals surface area contributed by atoms with Gasteiger partial charge in [0.2, 0.25) is 0 Å². The summed E-state index contributed by atoms with van der Waals surface area (Å²) in [6.45, 7) is 1.74. The van der Waals surface area contributed by atoms with Crippen molar-refractivity contribution >= 4 is 23.4 Å². The second kappa shape index (κ2) is 8.00. The average molecular weight is 356 g/mol. The molecule has 1 fully saturated rings. The fourth-order valence-corrected chi connectivity index (χ4v) is 3.10. The van der Waals surface area contributed by atoms with Crippen LogP contribution in [0.15, 0.2) is 42.6 Å². The van der Waals surface area contributed by atoms with E-state index in [1.54, 1.807) is 24.4 Å². The van der Waals surface area contributed by atoms with Gasteiger partial charge in [-0.3, -0.25) is 4.79 Å². The maximum Gasteiger partial charge on any atom is 0.309 e. The van der Waals surface area contributed by atoms with E-state index in [1.165, 1.54) is 0 Å². The third-order valence-electron chi connectivity index (χ3n) is 4.30. The number of carbonyl (C=O) groups is 1. The zero-order chi connectivity index (χ0) is 17.6. The van der Waals surface area contributed by atoms with Gasteiger partial charge >= 0.3 is 5.97 Å². The van der Waals surface area contributed by atoms with Crippen molar-refractivity contribution in [3.05, 3.63) is 58.7 Å². The van der Waals surface area contributed by atoms with Crippen molar-refractivity contribution < 1.29 is 9.53 Å². The van der Waals surface area contributed by atoms with E-state index in [0.29, 0.717) is 10.6 Å². The van der Waals surface area contributed by atoms with Crippen LogP contribution in [0.5, 0.6) is 0 Å². The van der Waals surface area contributed by atoms with Gasteiger partial charge < -0.3 is 9.64 Å². The Bertz CT molecular complexity index is 778. The molecule has 0 N–H and O–H groups in total. The second-order valence-electron chi connectivity index (χ2n) is 6.02. The Labute approximate surface area is 151 Å². The molecule has 2 heterocycles. The van der Waals surface area contributed by atoms with Gasteiger partial charge in [0.15, 0.2) is 0 Å². The quantitative estimate of drug-likeness (QED) is 0.784. The van der Waals surface area contributed by atoms with Gasteiger partial charge in [-0.2, -0.15) is 5.26 Å². The Kier molecular flexibility index (Phi) is 5.52. The Morgan fingerprint density at radius 3 is 2.76 bits per heavy atom. The number of rotatable bonds is 4. The Morgan fingerprint density at radius 2 is 2.12 bits per heavy atom. The number of halogens is 1. The minimum Gasteiger partial charge on any atom is -0.461 e. The van der Waals surface area contributed by atoms with Crippen molar-refractivity contribution in [2.24, 2.45) is 5.92 Å². The topological polar surface area (TPSA) is 66.2 Å². The number of hydrogen-bond donors (Lipinski definition) is 0. The molecule has 128 valence electrons. The molecule has 1 aliphatic heterocycles. The highest BCUT2D eigenvalue weighted by Crippen LogP contribution is 2.23. The van der Waals surface area contributed by atoms with Crippen molar-refractivity contribution in [1.29, 1.82) is 5.26 Å². The van der Waals surface area contributed by atoms with E-state index in [-0.39, 0.29) is 18.5 Å². The Morgan fingerprint density at radius 1 is 1.32 bits per heavy atom. The maximum absolute atomic E-state index is 12.3. The fraction of sp³-hybridized carbons (Fsp3) is 0.316. The summed E-state index contributed by atoms with van der Waals surface area (Å²) in [5.41, 5.74) is 1.43. The number of nitriles is 1. The van der Waals surface area contributed by atoms with Gasteiger partial charge in [0.25, 0.3) is 0 Å². The molecule has 0 unspecified atom stereocenters. The number of nitrogens with zero attached hydrogens (tertiary/aromatic N) is 3. The number of pyridine rings is 1. The fourth-order valence-electron chi connectivity index (χ4n) is 2.88. The summed E-state index contributed by atoms with van der Waals surface area (Å²) in [5.74, 6) is 0.589. The molecule has 1 aromatic heterocycles. The highest BCUT2D eigenvalue weighted by atomic mass is 35.5. The first kappa shape index (κ1) is 17.2. The molecule has 25 heavy (non-hydrogen) atoms. The van der Waals surface area contributed by atoms with Crippen LogP contribution in [0, 0.1) is 17.2 Å². The second-order valence-corrected chi connectivity index (χ2v) is 6.45. The molecule has 0 aliphatic carbocycles. The molecule has 6 heteroatoms. The smallest absolute Gasteiger partial charge is 0.309 e. The van der Waals surface area contributed by atoms with E-state index in [4.69, 9.17) is 21.6 Å². The molecule has 5 nitrogen and oxygen atoms in total. The molecule has 0 bridgehead atoms. The molecule has 3 rings (SSSR count). The molecule has 0 amide bonds. The maximum atomic E-state index is 12.3. The number of aromatic nitrogens is 1. The van der Waals surface area contributed by atoms with Crippen LogP contribution in [0.3, 0.4) is 0 Å². The predicted molar refractivity (Wildman–Crippen MR) is 95.1 cm³/mol. The zero-order valence-corrected chi connectivity index (χ0v) is 14.4. The predicted octanol–water partition coefficient (Wildman–Crippen LogP) is 3.57. The van der Waals surface area contributed by atoms with Crippen molar-refractivity contribution in [3.8, 4) is 6.07 Å². The molecule has 0 radical (unpaired) electrons. The van der Waals surface area contributed by atoms with Crippen molar-refractivity contribution in [3.63, 3.8) is 0 Å². The molecule has 2 aromatic rings. The lowest BCUT2D eigenvalue weighted by Crippen LogP contribution is -2.37. The first-order valence-electron chi connectivity index (χ1n) is 8.18. The van der Waals surface area contributed by atoms with Crippen molar-refractivity contribution in [1.82, 2.24) is 4.98 Å². The van der Waals surface area contributed by atoms with Crippen LogP contribution >= 0.6 is 11.6 Å². The highest BCUT2D eigenvalue weighted by molar-refractivity contribution is 6.30.